The van der Waals surface area contributed by atoms with Crippen LogP contribution in [0.25, 0.3) is 0 Å². The van der Waals surface area contributed by atoms with Crippen molar-refractivity contribution in [2.45, 2.75) is 20.8 Å². The first kappa shape index (κ1) is 16.5. The molecule has 0 radical (unpaired) electrons. The Morgan fingerprint density at radius 2 is 1.70 bits per heavy atom. The van der Waals surface area contributed by atoms with E-state index in [2.05, 4.69) is 10.6 Å². The quantitative estimate of drug-likeness (QED) is 0.892. The van der Waals surface area contributed by atoms with E-state index in [1.807, 2.05) is 32.0 Å². The second kappa shape index (κ2) is 7.45. The molecule has 2 N–H and O–H groups in total. The standard InChI is InChI=1S/C18H20N2O3/c1-4-23-18(22)19-15-9-7-14(8-10-15)17(21)20-16-11-12(2)5-6-13(16)3/h5-11H,4H2,1-3H3,(H,19,22)(H,20,21). The number of carbonyl (C=O) groups is 2. The fraction of sp³-hybridized carbons (Fsp3) is 0.222. The molecule has 0 aliphatic rings. The van der Waals surface area contributed by atoms with Gasteiger partial charge in [0, 0.05) is 16.9 Å². The van der Waals surface area contributed by atoms with Crippen molar-refractivity contribution in [1.82, 2.24) is 0 Å². The second-order valence-corrected chi connectivity index (χ2v) is 5.20. The van der Waals surface area contributed by atoms with Gasteiger partial charge in [-0.1, -0.05) is 12.1 Å². The Balaban J connectivity index is 2.05. The van der Waals surface area contributed by atoms with E-state index in [1.165, 1.54) is 0 Å². The highest BCUT2D eigenvalue weighted by Crippen LogP contribution is 2.18. The van der Waals surface area contributed by atoms with E-state index in [-0.39, 0.29) is 5.91 Å². The molecular formula is C18H20N2O3. The third-order valence-corrected chi connectivity index (χ3v) is 3.31. The van der Waals surface area contributed by atoms with E-state index in [0.717, 1.165) is 16.8 Å². The number of amides is 2. The highest BCUT2D eigenvalue weighted by Gasteiger charge is 2.09. The number of aryl methyl sites for hydroxylation is 2. The molecule has 2 rings (SSSR count). The molecule has 2 amide bonds. The minimum Gasteiger partial charge on any atom is -0.450 e. The fourth-order valence-electron chi connectivity index (χ4n) is 2.05. The Hall–Kier alpha value is -2.82. The van der Waals surface area contributed by atoms with E-state index >= 15 is 0 Å². The zero-order valence-corrected chi connectivity index (χ0v) is 13.5. The van der Waals surface area contributed by atoms with Crippen LogP contribution in [0.3, 0.4) is 0 Å². The van der Waals surface area contributed by atoms with Crippen LogP contribution < -0.4 is 10.6 Å². The molecule has 2 aromatic carbocycles. The maximum absolute atomic E-state index is 12.3. The van der Waals surface area contributed by atoms with Crippen LogP contribution in [0, 0.1) is 13.8 Å². The van der Waals surface area contributed by atoms with Crippen LogP contribution in [0.1, 0.15) is 28.4 Å². The van der Waals surface area contributed by atoms with Crippen LogP contribution in [-0.2, 0) is 4.74 Å². The van der Waals surface area contributed by atoms with Crippen molar-refractivity contribution in [1.29, 1.82) is 0 Å². The van der Waals surface area contributed by atoms with Gasteiger partial charge >= 0.3 is 6.09 Å². The van der Waals surface area contributed by atoms with Gasteiger partial charge in [0.1, 0.15) is 0 Å². The van der Waals surface area contributed by atoms with Gasteiger partial charge in [0.2, 0.25) is 0 Å². The normalized spacial score (nSPS) is 10.0. The first-order valence-electron chi connectivity index (χ1n) is 7.42. The molecule has 0 unspecified atom stereocenters. The van der Waals surface area contributed by atoms with Crippen molar-refractivity contribution in [3.8, 4) is 0 Å². The Labute approximate surface area is 135 Å². The molecule has 5 heteroatoms. The zero-order valence-electron chi connectivity index (χ0n) is 13.5. The number of benzene rings is 2. The Morgan fingerprint density at radius 1 is 1.00 bits per heavy atom. The molecule has 0 spiro atoms. The maximum atomic E-state index is 12.3. The van der Waals surface area contributed by atoms with Gasteiger partial charge in [-0.15, -0.1) is 0 Å². The van der Waals surface area contributed by atoms with E-state index in [9.17, 15) is 9.59 Å². The summed E-state index contributed by atoms with van der Waals surface area (Å²) in [6.45, 7) is 5.97. The second-order valence-electron chi connectivity index (χ2n) is 5.20. The van der Waals surface area contributed by atoms with Crippen LogP contribution >= 0.6 is 0 Å². The number of carbonyl (C=O) groups excluding carboxylic acids is 2. The minimum absolute atomic E-state index is 0.193. The molecule has 23 heavy (non-hydrogen) atoms. The van der Waals surface area contributed by atoms with E-state index in [1.54, 1.807) is 31.2 Å². The van der Waals surface area contributed by atoms with Crippen LogP contribution in [0.15, 0.2) is 42.5 Å². The van der Waals surface area contributed by atoms with Gasteiger partial charge in [-0.2, -0.15) is 0 Å². The van der Waals surface area contributed by atoms with Crippen molar-refractivity contribution in [3.05, 3.63) is 59.2 Å². The largest absolute Gasteiger partial charge is 0.450 e. The SMILES string of the molecule is CCOC(=O)Nc1ccc(C(=O)Nc2cc(C)ccc2C)cc1. The lowest BCUT2D eigenvalue weighted by molar-refractivity contribution is 0.102. The number of hydrogen-bond acceptors (Lipinski definition) is 3. The molecule has 0 aliphatic heterocycles. The lowest BCUT2D eigenvalue weighted by Crippen LogP contribution is -2.14. The van der Waals surface area contributed by atoms with Gasteiger partial charge in [0.05, 0.1) is 6.61 Å². The number of nitrogens with one attached hydrogen (secondary N) is 2. The molecule has 5 nitrogen and oxygen atoms in total. The third-order valence-electron chi connectivity index (χ3n) is 3.31. The molecule has 0 atom stereocenters. The van der Waals surface area contributed by atoms with Crippen molar-refractivity contribution in [3.63, 3.8) is 0 Å². The lowest BCUT2D eigenvalue weighted by atomic mass is 10.1. The lowest BCUT2D eigenvalue weighted by Gasteiger charge is -2.10. The van der Waals surface area contributed by atoms with Gasteiger partial charge in [0.25, 0.3) is 5.91 Å². The number of rotatable bonds is 4. The Morgan fingerprint density at radius 3 is 2.35 bits per heavy atom. The summed E-state index contributed by atoms with van der Waals surface area (Å²) in [4.78, 5) is 23.6. The fourth-order valence-corrected chi connectivity index (χ4v) is 2.05. The molecule has 0 saturated carbocycles. The van der Waals surface area contributed by atoms with Gasteiger partial charge in [-0.05, 0) is 62.2 Å². The third kappa shape index (κ3) is 4.57. The summed E-state index contributed by atoms with van der Waals surface area (Å²) in [5.41, 5.74) is 3.97. The molecule has 120 valence electrons. The van der Waals surface area contributed by atoms with Gasteiger partial charge < -0.3 is 10.1 Å². The summed E-state index contributed by atoms with van der Waals surface area (Å²) in [5, 5.41) is 5.48. The topological polar surface area (TPSA) is 67.4 Å². The highest BCUT2D eigenvalue weighted by atomic mass is 16.5. The molecule has 0 saturated heterocycles. The molecule has 0 fully saturated rings. The van der Waals surface area contributed by atoms with Crippen LogP contribution in [-0.4, -0.2) is 18.6 Å². The average Bonchev–Trinajstić information content (AvgIpc) is 2.52. The Bertz CT molecular complexity index is 709. The summed E-state index contributed by atoms with van der Waals surface area (Å²) in [6, 6.07) is 12.5. The summed E-state index contributed by atoms with van der Waals surface area (Å²) in [5.74, 6) is -0.193. The summed E-state index contributed by atoms with van der Waals surface area (Å²) < 4.78 is 4.80. The molecular weight excluding hydrogens is 292 g/mol. The summed E-state index contributed by atoms with van der Waals surface area (Å²) in [6.07, 6.45) is -0.514. The van der Waals surface area contributed by atoms with Crippen LogP contribution in [0.5, 0.6) is 0 Å². The average molecular weight is 312 g/mol. The van der Waals surface area contributed by atoms with Crippen LogP contribution in [0.4, 0.5) is 16.2 Å². The minimum atomic E-state index is -0.514. The van der Waals surface area contributed by atoms with Crippen molar-refractivity contribution in [2.24, 2.45) is 0 Å². The summed E-state index contributed by atoms with van der Waals surface area (Å²) in [7, 11) is 0. The van der Waals surface area contributed by atoms with Crippen LogP contribution in [0.2, 0.25) is 0 Å². The zero-order chi connectivity index (χ0) is 16.8. The smallest absolute Gasteiger partial charge is 0.411 e. The van der Waals surface area contributed by atoms with Crippen molar-refractivity contribution in [2.75, 3.05) is 17.2 Å². The highest BCUT2D eigenvalue weighted by molar-refractivity contribution is 6.05. The molecule has 0 bridgehead atoms. The van der Waals surface area contributed by atoms with Gasteiger partial charge in [0.15, 0.2) is 0 Å². The van der Waals surface area contributed by atoms with Gasteiger partial charge in [-0.3, -0.25) is 10.1 Å². The van der Waals surface area contributed by atoms with E-state index in [0.29, 0.717) is 17.9 Å². The monoisotopic (exact) mass is 312 g/mol. The number of hydrogen-bond donors (Lipinski definition) is 2. The first-order valence-corrected chi connectivity index (χ1v) is 7.42. The van der Waals surface area contributed by atoms with E-state index in [4.69, 9.17) is 4.74 Å². The van der Waals surface area contributed by atoms with Crippen molar-refractivity contribution >= 4 is 23.4 Å². The predicted octanol–water partition coefficient (Wildman–Crippen LogP) is 4.12. The first-order chi connectivity index (χ1) is 11.0. The number of ether oxygens (including phenoxy) is 1. The molecule has 2 aromatic rings. The summed E-state index contributed by atoms with van der Waals surface area (Å²) >= 11 is 0. The Kier molecular flexibility index (Phi) is 5.36. The molecule has 0 heterocycles. The number of anilines is 2. The predicted molar refractivity (Wildman–Crippen MR) is 91.0 cm³/mol. The molecule has 0 aromatic heterocycles. The van der Waals surface area contributed by atoms with Gasteiger partial charge in [-0.25, -0.2) is 4.79 Å². The van der Waals surface area contributed by atoms with E-state index < -0.39 is 6.09 Å². The van der Waals surface area contributed by atoms with Crippen molar-refractivity contribution < 1.29 is 14.3 Å². The maximum Gasteiger partial charge on any atom is 0.411 e. The molecule has 0 aliphatic carbocycles.